The second-order valence-electron chi connectivity index (χ2n) is 4.58. The van der Waals surface area contributed by atoms with Crippen LogP contribution in [0.1, 0.15) is 31.6 Å². The highest BCUT2D eigenvalue weighted by atomic mass is 16.3. The number of hydrogen-bond donors (Lipinski definition) is 2. The molecule has 5 nitrogen and oxygen atoms in total. The molecule has 1 fully saturated rings. The van der Waals surface area contributed by atoms with Crippen LogP contribution < -0.4 is 10.2 Å². The Balaban J connectivity index is 2.17. The van der Waals surface area contributed by atoms with Crippen LogP contribution >= 0.6 is 0 Å². The fraction of sp³-hybridized carbons (Fsp3) is 0.538. The minimum Gasteiger partial charge on any atom is -0.387 e. The van der Waals surface area contributed by atoms with E-state index >= 15 is 0 Å². The predicted octanol–water partition coefficient (Wildman–Crippen LogP) is 0.850. The van der Waals surface area contributed by atoms with Crippen LogP contribution in [0.3, 0.4) is 0 Å². The smallest absolute Gasteiger partial charge is 0.242 e. The normalized spacial score (nSPS) is 20.8. The first-order valence-corrected chi connectivity index (χ1v) is 6.25. The van der Waals surface area contributed by atoms with Gasteiger partial charge in [0.1, 0.15) is 6.04 Å². The first-order valence-electron chi connectivity index (χ1n) is 6.25. The Morgan fingerprint density at radius 3 is 2.94 bits per heavy atom. The van der Waals surface area contributed by atoms with E-state index in [-0.39, 0.29) is 11.9 Å². The standard InChI is InChI=1S/C13H19N3O2/c1-9(17)11-6-5-10(8-15-11)16-7-3-4-12(16)13(18)14-2/h5-6,8-9,12,17H,3-4,7H2,1-2H3,(H,14,18). The fourth-order valence-electron chi connectivity index (χ4n) is 2.33. The Hall–Kier alpha value is -1.62. The van der Waals surface area contributed by atoms with Crippen LogP contribution in [-0.2, 0) is 4.79 Å². The second kappa shape index (κ2) is 5.35. The van der Waals surface area contributed by atoms with Gasteiger partial charge >= 0.3 is 0 Å². The molecule has 18 heavy (non-hydrogen) atoms. The quantitative estimate of drug-likeness (QED) is 0.833. The van der Waals surface area contributed by atoms with Gasteiger partial charge in [0, 0.05) is 13.6 Å². The average molecular weight is 249 g/mol. The van der Waals surface area contributed by atoms with Gasteiger partial charge in [-0.05, 0) is 31.9 Å². The molecule has 0 radical (unpaired) electrons. The van der Waals surface area contributed by atoms with Crippen LogP contribution in [0.2, 0.25) is 0 Å². The van der Waals surface area contributed by atoms with E-state index in [1.54, 1.807) is 26.2 Å². The van der Waals surface area contributed by atoms with Crippen molar-refractivity contribution >= 4 is 11.6 Å². The maximum absolute atomic E-state index is 11.8. The third-order valence-electron chi connectivity index (χ3n) is 3.33. The zero-order valence-corrected chi connectivity index (χ0v) is 10.8. The highest BCUT2D eigenvalue weighted by Crippen LogP contribution is 2.25. The summed E-state index contributed by atoms with van der Waals surface area (Å²) in [5.74, 6) is 0.0482. The molecule has 0 bridgehead atoms. The lowest BCUT2D eigenvalue weighted by molar-refractivity contribution is -0.121. The largest absolute Gasteiger partial charge is 0.387 e. The number of carbonyl (C=O) groups excluding carboxylic acids is 1. The molecule has 5 heteroatoms. The molecular formula is C13H19N3O2. The van der Waals surface area contributed by atoms with Gasteiger partial charge in [0.15, 0.2) is 0 Å². The summed E-state index contributed by atoms with van der Waals surface area (Å²) in [6.45, 7) is 2.55. The molecule has 2 heterocycles. The van der Waals surface area contributed by atoms with Crippen molar-refractivity contribution in [1.29, 1.82) is 0 Å². The minimum absolute atomic E-state index is 0.0482. The van der Waals surface area contributed by atoms with Crippen molar-refractivity contribution in [1.82, 2.24) is 10.3 Å². The number of nitrogens with one attached hydrogen (secondary N) is 1. The number of aliphatic hydroxyl groups excluding tert-OH is 1. The Morgan fingerprint density at radius 2 is 2.39 bits per heavy atom. The molecule has 2 N–H and O–H groups in total. The summed E-state index contributed by atoms with van der Waals surface area (Å²) >= 11 is 0. The van der Waals surface area contributed by atoms with Crippen LogP contribution in [0.25, 0.3) is 0 Å². The van der Waals surface area contributed by atoms with Crippen molar-refractivity contribution in [2.75, 3.05) is 18.5 Å². The topological polar surface area (TPSA) is 65.5 Å². The maximum atomic E-state index is 11.8. The van der Waals surface area contributed by atoms with Crippen LogP contribution in [0.15, 0.2) is 18.3 Å². The Labute approximate surface area is 107 Å². The highest BCUT2D eigenvalue weighted by Gasteiger charge is 2.30. The number of amides is 1. The number of rotatable bonds is 3. The van der Waals surface area contributed by atoms with E-state index in [4.69, 9.17) is 0 Å². The summed E-state index contributed by atoms with van der Waals surface area (Å²) in [4.78, 5) is 18.0. The van der Waals surface area contributed by atoms with Gasteiger partial charge in [-0.2, -0.15) is 0 Å². The molecule has 1 aliphatic rings. The second-order valence-corrected chi connectivity index (χ2v) is 4.58. The lowest BCUT2D eigenvalue weighted by atomic mass is 10.2. The van der Waals surface area contributed by atoms with E-state index in [1.165, 1.54) is 0 Å². The van der Waals surface area contributed by atoms with E-state index in [9.17, 15) is 9.90 Å². The van der Waals surface area contributed by atoms with Crippen molar-refractivity contribution in [3.63, 3.8) is 0 Å². The fourth-order valence-corrected chi connectivity index (χ4v) is 2.33. The van der Waals surface area contributed by atoms with Gasteiger partial charge in [0.25, 0.3) is 0 Å². The number of anilines is 1. The third-order valence-corrected chi connectivity index (χ3v) is 3.33. The molecular weight excluding hydrogens is 230 g/mol. The number of hydrogen-bond acceptors (Lipinski definition) is 4. The van der Waals surface area contributed by atoms with Crippen LogP contribution in [0, 0.1) is 0 Å². The van der Waals surface area contributed by atoms with Crippen molar-refractivity contribution < 1.29 is 9.90 Å². The predicted molar refractivity (Wildman–Crippen MR) is 69.3 cm³/mol. The summed E-state index contributed by atoms with van der Waals surface area (Å²) < 4.78 is 0. The monoisotopic (exact) mass is 249 g/mol. The van der Waals surface area contributed by atoms with Gasteiger partial charge in [0.05, 0.1) is 23.7 Å². The van der Waals surface area contributed by atoms with E-state index in [0.29, 0.717) is 5.69 Å². The summed E-state index contributed by atoms with van der Waals surface area (Å²) in [5, 5.41) is 12.1. The van der Waals surface area contributed by atoms with Gasteiger partial charge in [-0.15, -0.1) is 0 Å². The maximum Gasteiger partial charge on any atom is 0.242 e. The molecule has 1 aliphatic heterocycles. The number of nitrogens with zero attached hydrogens (tertiary/aromatic N) is 2. The molecule has 0 aromatic carbocycles. The van der Waals surface area contributed by atoms with Gasteiger partial charge in [-0.1, -0.05) is 0 Å². The zero-order chi connectivity index (χ0) is 13.1. The molecule has 1 aromatic rings. The molecule has 2 rings (SSSR count). The molecule has 0 spiro atoms. The minimum atomic E-state index is -0.563. The summed E-state index contributed by atoms with van der Waals surface area (Å²) in [7, 11) is 1.66. The Bertz CT molecular complexity index is 417. The molecule has 1 aromatic heterocycles. The first kappa shape index (κ1) is 12.8. The molecule has 2 unspecified atom stereocenters. The molecule has 98 valence electrons. The third kappa shape index (κ3) is 2.46. The van der Waals surface area contributed by atoms with E-state index in [2.05, 4.69) is 15.2 Å². The van der Waals surface area contributed by atoms with E-state index in [0.717, 1.165) is 25.1 Å². The van der Waals surface area contributed by atoms with Crippen molar-refractivity contribution in [3.05, 3.63) is 24.0 Å². The summed E-state index contributed by atoms with van der Waals surface area (Å²) in [6, 6.07) is 3.62. The summed E-state index contributed by atoms with van der Waals surface area (Å²) in [6.07, 6.45) is 3.05. The first-order chi connectivity index (χ1) is 8.63. The summed E-state index contributed by atoms with van der Waals surface area (Å²) in [5.41, 5.74) is 1.58. The van der Waals surface area contributed by atoms with Crippen molar-refractivity contribution in [2.24, 2.45) is 0 Å². The number of aromatic nitrogens is 1. The SMILES string of the molecule is CNC(=O)C1CCCN1c1ccc(C(C)O)nc1. The van der Waals surface area contributed by atoms with Crippen LogP contribution in [0.4, 0.5) is 5.69 Å². The average Bonchev–Trinajstić information content (AvgIpc) is 2.87. The van der Waals surface area contributed by atoms with Crippen molar-refractivity contribution in [2.45, 2.75) is 31.9 Å². The highest BCUT2D eigenvalue weighted by molar-refractivity contribution is 5.85. The van der Waals surface area contributed by atoms with Gasteiger partial charge in [0.2, 0.25) is 5.91 Å². The van der Waals surface area contributed by atoms with Gasteiger partial charge in [-0.3, -0.25) is 9.78 Å². The zero-order valence-electron chi connectivity index (χ0n) is 10.8. The lowest BCUT2D eigenvalue weighted by Crippen LogP contribution is -2.42. The number of carbonyl (C=O) groups is 1. The molecule has 2 atom stereocenters. The van der Waals surface area contributed by atoms with Gasteiger partial charge in [-0.25, -0.2) is 0 Å². The number of aliphatic hydroxyl groups is 1. The molecule has 1 saturated heterocycles. The molecule has 1 amide bonds. The molecule has 0 aliphatic carbocycles. The number of likely N-dealkylation sites (N-methyl/N-ethyl adjacent to an activating group) is 1. The van der Waals surface area contributed by atoms with Gasteiger partial charge < -0.3 is 15.3 Å². The molecule has 0 saturated carbocycles. The van der Waals surface area contributed by atoms with Crippen molar-refractivity contribution in [3.8, 4) is 0 Å². The van der Waals surface area contributed by atoms with E-state index in [1.807, 2.05) is 6.07 Å². The number of pyridine rings is 1. The van der Waals surface area contributed by atoms with Crippen LogP contribution in [-0.4, -0.2) is 35.6 Å². The van der Waals surface area contributed by atoms with Crippen LogP contribution in [0.5, 0.6) is 0 Å². The van der Waals surface area contributed by atoms with E-state index < -0.39 is 6.10 Å². The Kier molecular flexibility index (Phi) is 3.81. The lowest BCUT2D eigenvalue weighted by Gasteiger charge is -2.25. The Morgan fingerprint density at radius 1 is 1.61 bits per heavy atom.